The second-order valence-corrected chi connectivity index (χ2v) is 7.26. The van der Waals surface area contributed by atoms with Gasteiger partial charge in [0.2, 0.25) is 11.9 Å². The molecule has 1 aliphatic carbocycles. The Kier molecular flexibility index (Phi) is 8.74. The van der Waals surface area contributed by atoms with Gasteiger partial charge in [0, 0.05) is 22.0 Å². The van der Waals surface area contributed by atoms with Crippen molar-refractivity contribution in [2.45, 2.75) is 50.4 Å². The average molecular weight is 413 g/mol. The minimum absolute atomic E-state index is 0. The predicted octanol–water partition coefficient (Wildman–Crippen LogP) is 1.04. The number of nitrogens with zero attached hydrogens (tertiary/aromatic N) is 3. The fourth-order valence-electron chi connectivity index (χ4n) is 1.31. The number of aromatic nitrogens is 3. The van der Waals surface area contributed by atoms with Gasteiger partial charge < -0.3 is 19.7 Å². The standard InChI is InChI=1S/C11H19N5S.Cu.H2O4S/c1-11(2,3)16-9-13-8(12-7-5-6-7)14-10(15-9)17-4;;1-5(2,3)4/h7H,5-6H2,1-4H3,(H2,12,13,14,15,16);;(H2,1,2,3,4)/q;+2;/p-2. The Morgan fingerprint density at radius 1 is 1.13 bits per heavy atom. The van der Waals surface area contributed by atoms with Gasteiger partial charge in [-0.25, -0.2) is 0 Å². The molecule has 0 aliphatic heterocycles. The third-order valence-electron chi connectivity index (χ3n) is 2.19. The minimum atomic E-state index is -5.17. The van der Waals surface area contributed by atoms with Crippen LogP contribution in [0, 0.1) is 0 Å². The summed E-state index contributed by atoms with van der Waals surface area (Å²) in [6.07, 6.45) is 4.39. The molecule has 0 bridgehead atoms. The fourth-order valence-corrected chi connectivity index (χ4v) is 1.67. The summed E-state index contributed by atoms with van der Waals surface area (Å²) < 4.78 is 34.1. The number of anilines is 2. The zero-order valence-electron chi connectivity index (χ0n) is 13.1. The van der Waals surface area contributed by atoms with Crippen LogP contribution in [0.1, 0.15) is 33.6 Å². The molecule has 0 unspecified atom stereocenters. The van der Waals surface area contributed by atoms with E-state index < -0.39 is 10.4 Å². The molecule has 1 aliphatic rings. The van der Waals surface area contributed by atoms with E-state index in [0.717, 1.165) is 5.16 Å². The molecule has 0 saturated heterocycles. The van der Waals surface area contributed by atoms with E-state index in [1.165, 1.54) is 24.6 Å². The van der Waals surface area contributed by atoms with E-state index in [2.05, 4.69) is 46.4 Å². The van der Waals surface area contributed by atoms with Gasteiger partial charge in [-0.05, 0) is 39.9 Å². The Labute approximate surface area is 150 Å². The SMILES string of the molecule is CSc1nc(NC2CC2)nc(NC(C)(C)C)n1.O=S(=O)([O-])[O-].[Cu+2]. The van der Waals surface area contributed by atoms with E-state index >= 15 is 0 Å². The summed E-state index contributed by atoms with van der Waals surface area (Å²) in [4.78, 5) is 13.1. The number of nitrogens with one attached hydrogen (secondary N) is 2. The molecule has 1 saturated carbocycles. The molecule has 0 spiro atoms. The quantitative estimate of drug-likeness (QED) is 0.318. The summed E-state index contributed by atoms with van der Waals surface area (Å²) in [5.41, 5.74) is -0.0477. The largest absolute Gasteiger partial charge is 2.00 e. The van der Waals surface area contributed by atoms with Crippen LogP contribution in [0.15, 0.2) is 5.16 Å². The van der Waals surface area contributed by atoms with E-state index in [1.807, 2.05) is 6.26 Å². The van der Waals surface area contributed by atoms with Crippen LogP contribution in [-0.2, 0) is 27.5 Å². The van der Waals surface area contributed by atoms with Crippen LogP contribution in [0.2, 0.25) is 0 Å². The first-order valence-corrected chi connectivity index (χ1v) is 9.03. The van der Waals surface area contributed by atoms with Crippen molar-refractivity contribution in [3.8, 4) is 0 Å². The summed E-state index contributed by atoms with van der Waals surface area (Å²) >= 11 is 1.53. The van der Waals surface area contributed by atoms with Crippen LogP contribution >= 0.6 is 11.8 Å². The van der Waals surface area contributed by atoms with Crippen LogP contribution in [0.25, 0.3) is 0 Å². The molecule has 1 aromatic heterocycles. The van der Waals surface area contributed by atoms with Crippen molar-refractivity contribution in [1.29, 1.82) is 0 Å². The Morgan fingerprint density at radius 2 is 1.61 bits per heavy atom. The average Bonchev–Trinajstić information content (AvgIpc) is 3.07. The number of rotatable bonds is 4. The molecule has 1 heterocycles. The number of thioether (sulfide) groups is 1. The van der Waals surface area contributed by atoms with Gasteiger partial charge >= 0.3 is 17.1 Å². The molecule has 1 aromatic rings. The Bertz CT molecular complexity index is 597. The smallest absolute Gasteiger partial charge is 0.759 e. The first-order valence-electron chi connectivity index (χ1n) is 6.48. The van der Waals surface area contributed by atoms with Crippen LogP contribution in [0.4, 0.5) is 11.9 Å². The van der Waals surface area contributed by atoms with Gasteiger partial charge in [-0.15, -0.1) is 0 Å². The first kappa shape index (κ1) is 22.3. The van der Waals surface area contributed by atoms with Gasteiger partial charge in [0.05, 0.1) is 0 Å². The fraction of sp³-hybridized carbons (Fsp3) is 0.727. The van der Waals surface area contributed by atoms with Gasteiger partial charge in [-0.3, -0.25) is 8.42 Å². The summed E-state index contributed by atoms with van der Waals surface area (Å²) in [5.74, 6) is 1.32. The molecule has 12 heteroatoms. The van der Waals surface area contributed by atoms with Crippen molar-refractivity contribution in [3.05, 3.63) is 0 Å². The molecule has 135 valence electrons. The second kappa shape index (κ2) is 9.00. The zero-order chi connectivity index (χ0) is 17.0. The Hall–Kier alpha value is -0.651. The van der Waals surface area contributed by atoms with Crippen molar-refractivity contribution < 1.29 is 34.6 Å². The normalized spacial score (nSPS) is 14.2. The van der Waals surface area contributed by atoms with E-state index in [4.69, 9.17) is 17.5 Å². The van der Waals surface area contributed by atoms with E-state index in [-0.39, 0.29) is 22.6 Å². The van der Waals surface area contributed by atoms with Crippen molar-refractivity contribution >= 4 is 34.1 Å². The molecule has 23 heavy (non-hydrogen) atoms. The third-order valence-corrected chi connectivity index (χ3v) is 2.74. The van der Waals surface area contributed by atoms with Gasteiger partial charge in [0.15, 0.2) is 5.16 Å². The molecule has 9 nitrogen and oxygen atoms in total. The summed E-state index contributed by atoms with van der Waals surface area (Å²) in [5, 5.41) is 7.32. The molecule has 2 rings (SSSR count). The molecule has 0 aromatic carbocycles. The van der Waals surface area contributed by atoms with E-state index in [9.17, 15) is 0 Å². The third kappa shape index (κ3) is 12.4. The van der Waals surface area contributed by atoms with Crippen molar-refractivity contribution in [2.75, 3.05) is 16.9 Å². The van der Waals surface area contributed by atoms with E-state index in [1.54, 1.807) is 0 Å². The molecular weight excluding hydrogens is 394 g/mol. The van der Waals surface area contributed by atoms with Crippen LogP contribution < -0.4 is 10.6 Å². The Morgan fingerprint density at radius 3 is 2.00 bits per heavy atom. The summed E-state index contributed by atoms with van der Waals surface area (Å²) in [7, 11) is -5.17. The molecule has 0 amide bonds. The van der Waals surface area contributed by atoms with Crippen molar-refractivity contribution in [1.82, 2.24) is 15.0 Å². The molecule has 1 fully saturated rings. The predicted molar refractivity (Wildman–Crippen MR) is 82.1 cm³/mol. The molecular formula is C11H19CuN5O4S2. The first-order chi connectivity index (χ1) is 9.96. The zero-order valence-corrected chi connectivity index (χ0v) is 15.7. The van der Waals surface area contributed by atoms with E-state index in [0.29, 0.717) is 17.9 Å². The topological polar surface area (TPSA) is 143 Å². The second-order valence-electron chi connectivity index (χ2n) is 5.67. The number of hydrogen-bond donors (Lipinski definition) is 2. The Balaban J connectivity index is 0.000000709. The maximum Gasteiger partial charge on any atom is 2.00 e. The summed E-state index contributed by atoms with van der Waals surface area (Å²) in [6.45, 7) is 6.26. The maximum absolute atomic E-state index is 8.52. The molecule has 0 atom stereocenters. The number of hydrogen-bond acceptors (Lipinski definition) is 10. The van der Waals surface area contributed by atoms with Gasteiger partial charge in [0.1, 0.15) is 0 Å². The van der Waals surface area contributed by atoms with Gasteiger partial charge in [-0.1, -0.05) is 11.8 Å². The van der Waals surface area contributed by atoms with Gasteiger partial charge in [0.25, 0.3) is 0 Å². The van der Waals surface area contributed by atoms with Crippen LogP contribution in [0.5, 0.6) is 0 Å². The minimum Gasteiger partial charge on any atom is -0.759 e. The maximum atomic E-state index is 8.52. The van der Waals surface area contributed by atoms with Gasteiger partial charge in [-0.2, -0.15) is 15.0 Å². The van der Waals surface area contributed by atoms with Crippen LogP contribution in [0.3, 0.4) is 0 Å². The van der Waals surface area contributed by atoms with Crippen LogP contribution in [-0.4, -0.2) is 50.3 Å². The van der Waals surface area contributed by atoms with Crippen molar-refractivity contribution in [2.24, 2.45) is 0 Å². The summed E-state index contributed by atoms with van der Waals surface area (Å²) in [6, 6.07) is 0.551. The molecule has 2 N–H and O–H groups in total. The van der Waals surface area contributed by atoms with Crippen molar-refractivity contribution in [3.63, 3.8) is 0 Å². The monoisotopic (exact) mass is 412 g/mol. The molecule has 1 radical (unpaired) electrons.